The van der Waals surface area contributed by atoms with E-state index in [-0.39, 0.29) is 5.91 Å². The number of rotatable bonds is 5. The summed E-state index contributed by atoms with van der Waals surface area (Å²) >= 11 is 3.56. The number of ether oxygens (including phenoxy) is 1. The molecular weight excluding hydrogens is 316 g/mol. The standard InChI is InChI=1S/C16H20N2O2S2/c1-11-18-14-3-2-12(10-15(14)22-11)16(19)17-6-9-21-13-4-7-20-8-5-13/h2-3,10,13H,4-9H2,1H3,(H,17,19). The van der Waals surface area contributed by atoms with Crippen molar-refractivity contribution in [2.75, 3.05) is 25.5 Å². The first-order chi connectivity index (χ1) is 10.7. The lowest BCUT2D eigenvalue weighted by Crippen LogP contribution is -2.27. The molecule has 0 saturated carbocycles. The summed E-state index contributed by atoms with van der Waals surface area (Å²) in [6.07, 6.45) is 2.25. The molecule has 3 rings (SSSR count). The monoisotopic (exact) mass is 336 g/mol. The van der Waals surface area contributed by atoms with Crippen LogP contribution in [0.2, 0.25) is 0 Å². The maximum Gasteiger partial charge on any atom is 0.251 e. The van der Waals surface area contributed by atoms with Gasteiger partial charge in [-0.3, -0.25) is 4.79 Å². The molecule has 1 aliphatic rings. The lowest BCUT2D eigenvalue weighted by molar-refractivity contribution is 0.0955. The summed E-state index contributed by atoms with van der Waals surface area (Å²) < 4.78 is 6.42. The zero-order valence-electron chi connectivity index (χ0n) is 12.6. The lowest BCUT2D eigenvalue weighted by Gasteiger charge is -2.21. The first-order valence-electron chi connectivity index (χ1n) is 7.57. The van der Waals surface area contributed by atoms with Crippen LogP contribution in [0.3, 0.4) is 0 Å². The predicted molar refractivity (Wildman–Crippen MR) is 93.0 cm³/mol. The SMILES string of the molecule is Cc1nc2ccc(C(=O)NCCSC3CCOCC3)cc2s1. The van der Waals surface area contributed by atoms with Gasteiger partial charge < -0.3 is 10.1 Å². The Balaban J connectivity index is 1.48. The molecule has 1 fully saturated rings. The zero-order valence-corrected chi connectivity index (χ0v) is 14.3. The maximum absolute atomic E-state index is 12.2. The van der Waals surface area contributed by atoms with E-state index >= 15 is 0 Å². The van der Waals surface area contributed by atoms with Gasteiger partial charge in [0.2, 0.25) is 0 Å². The highest BCUT2D eigenvalue weighted by molar-refractivity contribution is 7.99. The van der Waals surface area contributed by atoms with Gasteiger partial charge in [-0.2, -0.15) is 11.8 Å². The molecule has 1 N–H and O–H groups in total. The number of amides is 1. The van der Waals surface area contributed by atoms with E-state index in [4.69, 9.17) is 4.74 Å². The molecule has 0 radical (unpaired) electrons. The third-order valence-electron chi connectivity index (χ3n) is 3.67. The van der Waals surface area contributed by atoms with Crippen molar-refractivity contribution in [3.8, 4) is 0 Å². The fraction of sp³-hybridized carbons (Fsp3) is 0.500. The Morgan fingerprint density at radius 2 is 2.27 bits per heavy atom. The number of nitrogens with zero attached hydrogens (tertiary/aromatic N) is 1. The topological polar surface area (TPSA) is 51.2 Å². The molecule has 1 aromatic heterocycles. The number of benzene rings is 1. The van der Waals surface area contributed by atoms with Gasteiger partial charge in [0.1, 0.15) is 0 Å². The van der Waals surface area contributed by atoms with Crippen molar-refractivity contribution in [1.82, 2.24) is 10.3 Å². The van der Waals surface area contributed by atoms with Gasteiger partial charge in [0.15, 0.2) is 0 Å². The van der Waals surface area contributed by atoms with Crippen LogP contribution in [0.5, 0.6) is 0 Å². The lowest BCUT2D eigenvalue weighted by atomic mass is 10.2. The fourth-order valence-electron chi connectivity index (χ4n) is 2.52. The van der Waals surface area contributed by atoms with Crippen molar-refractivity contribution in [3.05, 3.63) is 28.8 Å². The number of thioether (sulfide) groups is 1. The first-order valence-corrected chi connectivity index (χ1v) is 9.43. The first kappa shape index (κ1) is 15.8. The minimum Gasteiger partial charge on any atom is -0.381 e. The van der Waals surface area contributed by atoms with E-state index in [1.165, 1.54) is 0 Å². The molecule has 0 bridgehead atoms. The van der Waals surface area contributed by atoms with E-state index in [9.17, 15) is 4.79 Å². The predicted octanol–water partition coefficient (Wildman–Crippen LogP) is 3.25. The third-order valence-corrected chi connectivity index (χ3v) is 5.98. The second-order valence-electron chi connectivity index (χ2n) is 5.35. The van der Waals surface area contributed by atoms with Crippen LogP contribution < -0.4 is 5.32 Å². The van der Waals surface area contributed by atoms with Gasteiger partial charge in [-0.15, -0.1) is 11.3 Å². The number of nitrogens with one attached hydrogen (secondary N) is 1. The van der Waals surface area contributed by atoms with Crippen LogP contribution in [0.15, 0.2) is 18.2 Å². The average molecular weight is 336 g/mol. The molecule has 6 heteroatoms. The van der Waals surface area contributed by atoms with Crippen LogP contribution in [-0.2, 0) is 4.74 Å². The Morgan fingerprint density at radius 3 is 3.09 bits per heavy atom. The Hall–Kier alpha value is -1.11. The van der Waals surface area contributed by atoms with Gasteiger partial charge in [-0.25, -0.2) is 4.98 Å². The fourth-order valence-corrected chi connectivity index (χ4v) is 4.46. The molecule has 1 aromatic carbocycles. The van der Waals surface area contributed by atoms with E-state index in [0.29, 0.717) is 17.4 Å². The van der Waals surface area contributed by atoms with Crippen molar-refractivity contribution in [3.63, 3.8) is 0 Å². The summed E-state index contributed by atoms with van der Waals surface area (Å²) in [4.78, 5) is 16.6. The van der Waals surface area contributed by atoms with Gasteiger partial charge in [0.25, 0.3) is 5.91 Å². The van der Waals surface area contributed by atoms with Crippen molar-refractivity contribution in [1.29, 1.82) is 0 Å². The molecule has 22 heavy (non-hydrogen) atoms. The normalized spacial score (nSPS) is 16.0. The number of hydrogen-bond donors (Lipinski definition) is 1. The summed E-state index contributed by atoms with van der Waals surface area (Å²) in [5.41, 5.74) is 1.68. The molecule has 0 atom stereocenters. The average Bonchev–Trinajstić information content (AvgIpc) is 2.91. The van der Waals surface area contributed by atoms with Gasteiger partial charge in [-0.05, 0) is 38.0 Å². The number of carbonyl (C=O) groups excluding carboxylic acids is 1. The minimum absolute atomic E-state index is 0.000491. The molecule has 1 saturated heterocycles. The van der Waals surface area contributed by atoms with Crippen LogP contribution in [0.1, 0.15) is 28.2 Å². The highest BCUT2D eigenvalue weighted by Crippen LogP contribution is 2.23. The summed E-state index contributed by atoms with van der Waals surface area (Å²) in [6, 6.07) is 5.70. The van der Waals surface area contributed by atoms with Gasteiger partial charge >= 0.3 is 0 Å². The van der Waals surface area contributed by atoms with Crippen LogP contribution in [0, 0.1) is 6.92 Å². The minimum atomic E-state index is 0.000491. The highest BCUT2D eigenvalue weighted by Gasteiger charge is 2.14. The number of aryl methyl sites for hydroxylation is 1. The Labute approximate surface area is 138 Å². The quantitative estimate of drug-likeness (QED) is 0.852. The van der Waals surface area contributed by atoms with Crippen molar-refractivity contribution in [2.24, 2.45) is 0 Å². The Kier molecular flexibility index (Phi) is 5.33. The van der Waals surface area contributed by atoms with E-state index in [1.54, 1.807) is 11.3 Å². The number of fused-ring (bicyclic) bond motifs is 1. The van der Waals surface area contributed by atoms with Crippen molar-refractivity contribution < 1.29 is 9.53 Å². The summed E-state index contributed by atoms with van der Waals surface area (Å²) in [6.45, 7) is 4.44. The van der Waals surface area contributed by atoms with Crippen LogP contribution in [0.4, 0.5) is 0 Å². The zero-order chi connectivity index (χ0) is 15.4. The Morgan fingerprint density at radius 1 is 1.45 bits per heavy atom. The second-order valence-corrected chi connectivity index (χ2v) is 8.00. The van der Waals surface area contributed by atoms with Crippen molar-refractivity contribution >= 4 is 39.2 Å². The second kappa shape index (κ2) is 7.44. The summed E-state index contributed by atoms with van der Waals surface area (Å²) in [5.74, 6) is 0.957. The van der Waals surface area contributed by atoms with Crippen LogP contribution >= 0.6 is 23.1 Å². The van der Waals surface area contributed by atoms with Gasteiger partial charge in [0, 0.05) is 36.3 Å². The molecule has 118 valence electrons. The van der Waals surface area contributed by atoms with E-state index in [0.717, 1.165) is 47.0 Å². The number of carbonyl (C=O) groups is 1. The molecule has 2 heterocycles. The highest BCUT2D eigenvalue weighted by atomic mass is 32.2. The molecule has 0 unspecified atom stereocenters. The largest absolute Gasteiger partial charge is 0.381 e. The number of hydrogen-bond acceptors (Lipinski definition) is 5. The molecule has 1 amide bonds. The molecule has 4 nitrogen and oxygen atoms in total. The maximum atomic E-state index is 12.2. The third kappa shape index (κ3) is 4.00. The molecule has 2 aromatic rings. The Bertz CT molecular complexity index is 651. The number of thiazole rings is 1. The molecule has 0 spiro atoms. The molecular formula is C16H20N2O2S2. The van der Waals surface area contributed by atoms with E-state index < -0.39 is 0 Å². The van der Waals surface area contributed by atoms with Crippen LogP contribution in [0.25, 0.3) is 10.2 Å². The summed E-state index contributed by atoms with van der Waals surface area (Å²) in [7, 11) is 0. The van der Waals surface area contributed by atoms with Crippen LogP contribution in [-0.4, -0.2) is 41.7 Å². The molecule has 1 aliphatic heterocycles. The summed E-state index contributed by atoms with van der Waals surface area (Å²) in [5, 5.41) is 4.71. The van der Waals surface area contributed by atoms with E-state index in [1.807, 2.05) is 36.9 Å². The van der Waals surface area contributed by atoms with E-state index in [2.05, 4.69) is 10.3 Å². The van der Waals surface area contributed by atoms with Gasteiger partial charge in [0.05, 0.1) is 15.2 Å². The smallest absolute Gasteiger partial charge is 0.251 e. The van der Waals surface area contributed by atoms with Crippen molar-refractivity contribution in [2.45, 2.75) is 25.0 Å². The number of aromatic nitrogens is 1. The van der Waals surface area contributed by atoms with Gasteiger partial charge in [-0.1, -0.05) is 0 Å². The molecule has 0 aliphatic carbocycles.